The van der Waals surface area contributed by atoms with Crippen LogP contribution >= 0.6 is 0 Å². The molecule has 0 saturated carbocycles. The van der Waals surface area contributed by atoms with E-state index < -0.39 is 11.9 Å². The smallest absolute Gasteiger partial charge is 0.323 e. The molecule has 54 heavy (non-hydrogen) atoms. The molecule has 0 radical (unpaired) electrons. The van der Waals surface area contributed by atoms with E-state index in [1.165, 1.54) is 6.20 Å². The number of amides is 1. The Bertz CT molecular complexity index is 2080. The summed E-state index contributed by atoms with van der Waals surface area (Å²) in [7, 11) is 0. The van der Waals surface area contributed by atoms with Gasteiger partial charge in [-0.05, 0) is 86.2 Å². The molecule has 0 aliphatic carbocycles. The summed E-state index contributed by atoms with van der Waals surface area (Å²) in [5.74, 6) is -0.485. The van der Waals surface area contributed by atoms with Gasteiger partial charge in [0.25, 0.3) is 5.91 Å². The van der Waals surface area contributed by atoms with Crippen LogP contribution in [0.3, 0.4) is 0 Å². The molecule has 10 nitrogen and oxygen atoms in total. The third kappa shape index (κ3) is 8.69. The highest BCUT2D eigenvalue weighted by atomic mass is 16.7. The molecule has 5 aromatic rings. The molecule has 7 rings (SSSR count). The lowest BCUT2D eigenvalue weighted by Crippen LogP contribution is -2.48. The van der Waals surface area contributed by atoms with Gasteiger partial charge in [0.2, 0.25) is 0 Å². The van der Waals surface area contributed by atoms with Gasteiger partial charge in [-0.25, -0.2) is 4.98 Å². The lowest BCUT2D eigenvalue weighted by atomic mass is 9.89. The van der Waals surface area contributed by atoms with E-state index in [-0.39, 0.29) is 48.3 Å². The van der Waals surface area contributed by atoms with E-state index in [1.807, 2.05) is 99.6 Å². The Balaban J connectivity index is 1.06. The third-order valence-corrected chi connectivity index (χ3v) is 10.2. The van der Waals surface area contributed by atoms with E-state index in [1.54, 1.807) is 0 Å². The number of nitrogens with one attached hydrogen (secondary N) is 1. The van der Waals surface area contributed by atoms with Crippen molar-refractivity contribution in [1.82, 2.24) is 20.2 Å². The predicted octanol–water partition coefficient (Wildman–Crippen LogP) is 7.32. The van der Waals surface area contributed by atoms with E-state index in [0.29, 0.717) is 18.6 Å². The van der Waals surface area contributed by atoms with Crippen molar-refractivity contribution >= 4 is 22.9 Å². The Labute approximate surface area is 316 Å². The molecule has 2 aliphatic heterocycles. The van der Waals surface area contributed by atoms with Gasteiger partial charge in [-0.2, -0.15) is 0 Å². The molecule has 0 bridgehead atoms. The van der Waals surface area contributed by atoms with E-state index >= 15 is 0 Å². The van der Waals surface area contributed by atoms with Gasteiger partial charge in [-0.3, -0.25) is 19.5 Å². The number of aliphatic hydroxyl groups is 1. The Morgan fingerprint density at radius 1 is 0.889 bits per heavy atom. The number of carbonyl (C=O) groups excluding carboxylic acids is 2. The summed E-state index contributed by atoms with van der Waals surface area (Å²) in [5.41, 5.74) is 6.86. The van der Waals surface area contributed by atoms with Crippen molar-refractivity contribution in [1.29, 1.82) is 0 Å². The number of esters is 1. The number of rotatable bonds is 10. The summed E-state index contributed by atoms with van der Waals surface area (Å²) in [6, 6.07) is 31.3. The van der Waals surface area contributed by atoms with Crippen LogP contribution in [-0.2, 0) is 32.2 Å². The second kappa shape index (κ2) is 16.2. The lowest BCUT2D eigenvalue weighted by molar-refractivity contribution is -0.276. The molecular weight excluding hydrogens is 681 g/mol. The predicted molar refractivity (Wildman–Crippen MR) is 206 cm³/mol. The molecule has 1 aromatic heterocycles. The highest BCUT2D eigenvalue weighted by Gasteiger charge is 2.42. The van der Waals surface area contributed by atoms with Crippen LogP contribution in [0.1, 0.15) is 85.7 Å². The molecule has 10 heteroatoms. The number of aromatic nitrogens is 2. The highest BCUT2D eigenvalue weighted by molar-refractivity contribution is 5.93. The number of ether oxygens (including phenoxy) is 3. The third-order valence-electron chi connectivity index (χ3n) is 10.2. The summed E-state index contributed by atoms with van der Waals surface area (Å²) in [6.07, 6.45) is 2.06. The number of hydrogen-bond acceptors (Lipinski definition) is 9. The van der Waals surface area contributed by atoms with E-state index in [0.717, 1.165) is 58.3 Å². The van der Waals surface area contributed by atoms with Gasteiger partial charge < -0.3 is 24.6 Å². The van der Waals surface area contributed by atoms with Crippen LogP contribution in [-0.4, -0.2) is 62.7 Å². The average Bonchev–Trinajstić information content (AvgIpc) is 3.65. The molecule has 0 unspecified atom stereocenters. The SMILES string of the molecule is C[C@H]1[C@@H](CN2CCC[C@H]2C(=O)OC(C)(C)C)O[C@@H](c2ccc(-c3cccc(CNC(=O)c4cnc5ccccc5n4)c3)cc2)O[C@H]1c1ccc(CO)cc1. The Hall–Kier alpha value is -5.00. The van der Waals surface area contributed by atoms with Crippen LogP contribution in [0.4, 0.5) is 0 Å². The zero-order valence-corrected chi connectivity index (χ0v) is 31.3. The first kappa shape index (κ1) is 37.3. The van der Waals surface area contributed by atoms with Crippen molar-refractivity contribution < 1.29 is 28.9 Å². The van der Waals surface area contributed by atoms with Crippen LogP contribution in [0, 0.1) is 5.92 Å². The quantitative estimate of drug-likeness (QED) is 0.143. The van der Waals surface area contributed by atoms with Crippen molar-refractivity contribution in [3.8, 4) is 11.1 Å². The molecule has 2 saturated heterocycles. The van der Waals surface area contributed by atoms with E-state index in [2.05, 4.69) is 45.3 Å². The number of fused-ring (bicyclic) bond motifs is 1. The molecule has 0 spiro atoms. The molecule has 2 N–H and O–H groups in total. The maximum Gasteiger partial charge on any atom is 0.323 e. The van der Waals surface area contributed by atoms with Crippen LogP contribution in [0.2, 0.25) is 0 Å². The molecule has 3 heterocycles. The monoisotopic (exact) mass is 728 g/mol. The van der Waals surface area contributed by atoms with Crippen LogP contribution < -0.4 is 5.32 Å². The first-order chi connectivity index (χ1) is 26.0. The average molecular weight is 729 g/mol. The summed E-state index contributed by atoms with van der Waals surface area (Å²) in [4.78, 5) is 37.1. The van der Waals surface area contributed by atoms with Gasteiger partial charge in [0.05, 0.1) is 36.0 Å². The van der Waals surface area contributed by atoms with Crippen LogP contribution in [0.5, 0.6) is 0 Å². The Kier molecular flexibility index (Phi) is 11.2. The number of hydrogen-bond donors (Lipinski definition) is 2. The minimum absolute atomic E-state index is 0.0168. The number of benzene rings is 4. The van der Waals surface area contributed by atoms with Crippen molar-refractivity contribution in [2.75, 3.05) is 13.1 Å². The van der Waals surface area contributed by atoms with Gasteiger partial charge in [0, 0.05) is 24.6 Å². The normalized spacial score (nSPS) is 21.9. The van der Waals surface area contributed by atoms with E-state index in [4.69, 9.17) is 14.2 Å². The number of likely N-dealkylation sites (tertiary alicyclic amines) is 1. The van der Waals surface area contributed by atoms with Crippen molar-refractivity contribution in [3.05, 3.63) is 131 Å². The molecule has 5 atom stereocenters. The first-order valence-corrected chi connectivity index (χ1v) is 18.7. The Morgan fingerprint density at radius 2 is 1.63 bits per heavy atom. The molecule has 2 aliphatic rings. The van der Waals surface area contributed by atoms with Gasteiger partial charge in [0.15, 0.2) is 6.29 Å². The fourth-order valence-electron chi connectivity index (χ4n) is 7.27. The zero-order chi connectivity index (χ0) is 37.8. The first-order valence-electron chi connectivity index (χ1n) is 18.7. The maximum absolute atomic E-state index is 13.2. The highest BCUT2D eigenvalue weighted by Crippen LogP contribution is 2.42. The van der Waals surface area contributed by atoms with Gasteiger partial charge in [0.1, 0.15) is 17.3 Å². The minimum Gasteiger partial charge on any atom is -0.459 e. The molecule has 4 aromatic carbocycles. The Morgan fingerprint density at radius 3 is 2.37 bits per heavy atom. The van der Waals surface area contributed by atoms with Gasteiger partial charge in [-0.1, -0.05) is 85.8 Å². The van der Waals surface area contributed by atoms with Crippen molar-refractivity contribution in [3.63, 3.8) is 0 Å². The topological polar surface area (TPSA) is 123 Å². The van der Waals surface area contributed by atoms with Gasteiger partial charge in [-0.15, -0.1) is 0 Å². The van der Waals surface area contributed by atoms with Crippen molar-refractivity contribution in [2.45, 2.75) is 83.8 Å². The summed E-state index contributed by atoms with van der Waals surface area (Å²) < 4.78 is 19.3. The zero-order valence-electron chi connectivity index (χ0n) is 31.3. The van der Waals surface area contributed by atoms with Crippen LogP contribution in [0.15, 0.2) is 103 Å². The molecule has 280 valence electrons. The maximum atomic E-state index is 13.2. The molecule has 1 amide bonds. The second-order valence-electron chi connectivity index (χ2n) is 15.3. The summed E-state index contributed by atoms with van der Waals surface area (Å²) in [5, 5.41) is 12.6. The summed E-state index contributed by atoms with van der Waals surface area (Å²) >= 11 is 0. The minimum atomic E-state index is -0.634. The molecular formula is C44H48N4O6. The largest absolute Gasteiger partial charge is 0.459 e. The van der Waals surface area contributed by atoms with E-state index in [9.17, 15) is 14.7 Å². The standard InChI is InChI=1S/C44H48N4O6/c1-28-39(26-48-22-8-13-38(48)42(51)54-44(2,3)4)52-43(53-40(28)32-16-14-29(27-49)15-17-32)33-20-18-31(19-21-33)34-10-7-9-30(23-34)24-46-41(50)37-25-45-35-11-5-6-12-36(35)47-37/h5-7,9-12,14-21,23,25,28,38-40,43,49H,8,13,22,24,26-27H2,1-4H3,(H,46,50)/t28-,38-,39+,40+,43+/m0/s1. The summed E-state index contributed by atoms with van der Waals surface area (Å²) in [6.45, 7) is 9.52. The lowest BCUT2D eigenvalue weighted by Gasteiger charge is -2.43. The van der Waals surface area contributed by atoms with Crippen molar-refractivity contribution in [2.24, 2.45) is 5.92 Å². The number of nitrogens with zero attached hydrogens (tertiary/aromatic N) is 3. The fourth-order valence-corrected chi connectivity index (χ4v) is 7.27. The number of carbonyl (C=O) groups is 2. The molecule has 2 fully saturated rings. The van der Waals surface area contributed by atoms with Crippen LogP contribution in [0.25, 0.3) is 22.2 Å². The second-order valence-corrected chi connectivity index (χ2v) is 15.3. The fraction of sp³-hybridized carbons (Fsp3) is 0.364. The van der Waals surface area contributed by atoms with Gasteiger partial charge >= 0.3 is 5.97 Å². The number of para-hydroxylation sites is 2. The number of aliphatic hydroxyl groups excluding tert-OH is 1.